The van der Waals surface area contributed by atoms with E-state index in [2.05, 4.69) is 0 Å². The molecular formula is C13H18O2. The SMILES string of the molecule is CCOc1ccc(C2(O)CCCC2)cc1. The van der Waals surface area contributed by atoms with Crippen molar-refractivity contribution >= 4 is 0 Å². The first-order valence-electron chi connectivity index (χ1n) is 5.70. The molecule has 1 aromatic rings. The first-order chi connectivity index (χ1) is 7.24. The van der Waals surface area contributed by atoms with Crippen LogP contribution in [0.5, 0.6) is 5.75 Å². The molecule has 0 unspecified atom stereocenters. The van der Waals surface area contributed by atoms with E-state index in [9.17, 15) is 5.11 Å². The predicted octanol–water partition coefficient (Wildman–Crippen LogP) is 2.85. The zero-order chi connectivity index (χ0) is 10.7. The van der Waals surface area contributed by atoms with Gasteiger partial charge in [-0.05, 0) is 37.5 Å². The Morgan fingerprint density at radius 3 is 2.33 bits per heavy atom. The van der Waals surface area contributed by atoms with Gasteiger partial charge in [0.1, 0.15) is 5.75 Å². The van der Waals surface area contributed by atoms with Gasteiger partial charge in [0, 0.05) is 0 Å². The summed E-state index contributed by atoms with van der Waals surface area (Å²) in [5, 5.41) is 10.3. The lowest BCUT2D eigenvalue weighted by molar-refractivity contribution is 0.0444. The smallest absolute Gasteiger partial charge is 0.119 e. The molecule has 2 rings (SSSR count). The van der Waals surface area contributed by atoms with Crippen molar-refractivity contribution < 1.29 is 9.84 Å². The summed E-state index contributed by atoms with van der Waals surface area (Å²) >= 11 is 0. The van der Waals surface area contributed by atoms with Crippen molar-refractivity contribution in [3.8, 4) is 5.75 Å². The van der Waals surface area contributed by atoms with E-state index in [-0.39, 0.29) is 0 Å². The van der Waals surface area contributed by atoms with Crippen LogP contribution in [0.25, 0.3) is 0 Å². The van der Waals surface area contributed by atoms with Gasteiger partial charge in [0.2, 0.25) is 0 Å². The van der Waals surface area contributed by atoms with Crippen molar-refractivity contribution in [3.05, 3.63) is 29.8 Å². The Bertz CT molecular complexity index is 310. The molecule has 0 aromatic heterocycles. The molecule has 0 radical (unpaired) electrons. The number of benzene rings is 1. The lowest BCUT2D eigenvalue weighted by Gasteiger charge is -2.22. The molecule has 1 N–H and O–H groups in total. The molecule has 82 valence electrons. The minimum atomic E-state index is -0.579. The highest BCUT2D eigenvalue weighted by molar-refractivity contribution is 5.31. The molecule has 1 saturated carbocycles. The highest BCUT2D eigenvalue weighted by Crippen LogP contribution is 2.38. The van der Waals surface area contributed by atoms with E-state index < -0.39 is 5.60 Å². The van der Waals surface area contributed by atoms with Gasteiger partial charge in [0.15, 0.2) is 0 Å². The fourth-order valence-corrected chi connectivity index (χ4v) is 2.28. The maximum absolute atomic E-state index is 10.3. The fourth-order valence-electron chi connectivity index (χ4n) is 2.28. The zero-order valence-corrected chi connectivity index (χ0v) is 9.20. The zero-order valence-electron chi connectivity index (χ0n) is 9.20. The van der Waals surface area contributed by atoms with Crippen LogP contribution in [0.2, 0.25) is 0 Å². The number of hydrogen-bond donors (Lipinski definition) is 1. The molecule has 1 aliphatic rings. The van der Waals surface area contributed by atoms with Crippen molar-refractivity contribution in [1.29, 1.82) is 0 Å². The molecule has 1 fully saturated rings. The first kappa shape index (κ1) is 10.5. The summed E-state index contributed by atoms with van der Waals surface area (Å²) in [5.74, 6) is 0.878. The molecule has 0 atom stereocenters. The average molecular weight is 206 g/mol. The monoisotopic (exact) mass is 206 g/mol. The van der Waals surface area contributed by atoms with Crippen LogP contribution in [0.1, 0.15) is 38.2 Å². The molecule has 15 heavy (non-hydrogen) atoms. The van der Waals surface area contributed by atoms with Crippen LogP contribution in [-0.2, 0) is 5.60 Å². The van der Waals surface area contributed by atoms with E-state index in [1.165, 1.54) is 0 Å². The highest BCUT2D eigenvalue weighted by Gasteiger charge is 2.32. The van der Waals surface area contributed by atoms with Gasteiger partial charge in [-0.3, -0.25) is 0 Å². The quantitative estimate of drug-likeness (QED) is 0.824. The second-order valence-corrected chi connectivity index (χ2v) is 4.20. The molecular weight excluding hydrogens is 188 g/mol. The van der Waals surface area contributed by atoms with Crippen molar-refractivity contribution in [2.75, 3.05) is 6.61 Å². The summed E-state index contributed by atoms with van der Waals surface area (Å²) in [6.07, 6.45) is 4.04. The van der Waals surface area contributed by atoms with Crippen LogP contribution in [-0.4, -0.2) is 11.7 Å². The van der Waals surface area contributed by atoms with Gasteiger partial charge >= 0.3 is 0 Å². The van der Waals surface area contributed by atoms with Gasteiger partial charge in [-0.2, -0.15) is 0 Å². The molecule has 0 bridgehead atoms. The summed E-state index contributed by atoms with van der Waals surface area (Å²) in [5.41, 5.74) is 0.452. The van der Waals surface area contributed by atoms with Crippen LogP contribution in [0, 0.1) is 0 Å². The van der Waals surface area contributed by atoms with Crippen molar-refractivity contribution in [3.63, 3.8) is 0 Å². The Kier molecular flexibility index (Phi) is 2.96. The van der Waals surface area contributed by atoms with Gasteiger partial charge in [0.05, 0.1) is 12.2 Å². The maximum Gasteiger partial charge on any atom is 0.119 e. The number of ether oxygens (including phenoxy) is 1. The third kappa shape index (κ3) is 2.15. The van der Waals surface area contributed by atoms with E-state index in [4.69, 9.17) is 4.74 Å². The molecule has 0 aliphatic heterocycles. The molecule has 1 aliphatic carbocycles. The number of hydrogen-bond acceptors (Lipinski definition) is 2. The van der Waals surface area contributed by atoms with E-state index in [0.717, 1.165) is 37.0 Å². The minimum Gasteiger partial charge on any atom is -0.494 e. The lowest BCUT2D eigenvalue weighted by Crippen LogP contribution is -2.20. The Labute approximate surface area is 90.9 Å². The minimum absolute atomic E-state index is 0.579. The van der Waals surface area contributed by atoms with E-state index in [0.29, 0.717) is 6.61 Å². The molecule has 2 heteroatoms. The third-order valence-corrected chi connectivity index (χ3v) is 3.13. The van der Waals surface area contributed by atoms with E-state index in [1.807, 2.05) is 31.2 Å². The molecule has 0 spiro atoms. The molecule has 0 heterocycles. The fraction of sp³-hybridized carbons (Fsp3) is 0.538. The summed E-state index contributed by atoms with van der Waals surface area (Å²) in [6.45, 7) is 2.65. The maximum atomic E-state index is 10.3. The Morgan fingerprint density at radius 1 is 1.20 bits per heavy atom. The van der Waals surface area contributed by atoms with Crippen molar-refractivity contribution in [2.24, 2.45) is 0 Å². The summed E-state index contributed by atoms with van der Waals surface area (Å²) in [6, 6.07) is 7.84. The van der Waals surface area contributed by atoms with Crippen molar-refractivity contribution in [2.45, 2.75) is 38.2 Å². The third-order valence-electron chi connectivity index (χ3n) is 3.13. The average Bonchev–Trinajstić information content (AvgIpc) is 2.68. The van der Waals surface area contributed by atoms with Gasteiger partial charge in [-0.1, -0.05) is 25.0 Å². The van der Waals surface area contributed by atoms with Gasteiger partial charge in [0.25, 0.3) is 0 Å². The summed E-state index contributed by atoms with van der Waals surface area (Å²) in [7, 11) is 0. The molecule has 2 nitrogen and oxygen atoms in total. The van der Waals surface area contributed by atoms with Crippen LogP contribution < -0.4 is 4.74 Å². The van der Waals surface area contributed by atoms with Crippen LogP contribution in [0.4, 0.5) is 0 Å². The largest absolute Gasteiger partial charge is 0.494 e. The number of rotatable bonds is 3. The number of aliphatic hydroxyl groups is 1. The Morgan fingerprint density at radius 2 is 1.80 bits per heavy atom. The normalized spacial score (nSPS) is 19.1. The first-order valence-corrected chi connectivity index (χ1v) is 5.70. The van der Waals surface area contributed by atoms with Crippen LogP contribution in [0.15, 0.2) is 24.3 Å². The van der Waals surface area contributed by atoms with Gasteiger partial charge < -0.3 is 9.84 Å². The van der Waals surface area contributed by atoms with Gasteiger partial charge in [-0.25, -0.2) is 0 Å². The Balaban J connectivity index is 2.15. The lowest BCUT2D eigenvalue weighted by atomic mass is 9.92. The second kappa shape index (κ2) is 4.23. The Hall–Kier alpha value is -1.02. The second-order valence-electron chi connectivity index (χ2n) is 4.20. The van der Waals surface area contributed by atoms with Crippen molar-refractivity contribution in [1.82, 2.24) is 0 Å². The van der Waals surface area contributed by atoms with E-state index in [1.54, 1.807) is 0 Å². The molecule has 1 aromatic carbocycles. The van der Waals surface area contributed by atoms with Gasteiger partial charge in [-0.15, -0.1) is 0 Å². The highest BCUT2D eigenvalue weighted by atomic mass is 16.5. The van der Waals surface area contributed by atoms with Crippen LogP contribution >= 0.6 is 0 Å². The topological polar surface area (TPSA) is 29.5 Å². The summed E-state index contributed by atoms with van der Waals surface area (Å²) < 4.78 is 5.37. The summed E-state index contributed by atoms with van der Waals surface area (Å²) in [4.78, 5) is 0. The predicted molar refractivity (Wildman–Crippen MR) is 60.0 cm³/mol. The van der Waals surface area contributed by atoms with Crippen LogP contribution in [0.3, 0.4) is 0 Å². The molecule has 0 amide bonds. The molecule has 0 saturated heterocycles. The van der Waals surface area contributed by atoms with E-state index >= 15 is 0 Å². The standard InChI is InChI=1S/C13H18O2/c1-2-15-12-7-5-11(6-8-12)13(14)9-3-4-10-13/h5-8,14H,2-4,9-10H2,1H3.